The highest BCUT2D eigenvalue weighted by molar-refractivity contribution is 6.60. The molecule has 1 fully saturated rings. The van der Waals surface area contributed by atoms with E-state index in [0.717, 1.165) is 4.90 Å². The van der Waals surface area contributed by atoms with Crippen LogP contribution in [0.15, 0.2) is 40.4 Å². The average Bonchev–Trinajstić information content (AvgIpc) is 3.21. The van der Waals surface area contributed by atoms with Crippen molar-refractivity contribution in [1.82, 2.24) is 9.80 Å². The Kier molecular flexibility index (Phi) is 8.49. The second-order valence-electron chi connectivity index (χ2n) is 7.24. The number of halogens is 3. The number of carbonyl (C=O) groups is 3. The summed E-state index contributed by atoms with van der Waals surface area (Å²) in [4.78, 5) is 42.7. The number of anilines is 1. The number of para-hydroxylation sites is 1. The fourth-order valence-corrected chi connectivity index (χ4v) is 3.13. The highest BCUT2D eigenvalue weighted by Gasteiger charge is 2.39. The van der Waals surface area contributed by atoms with Gasteiger partial charge in [-0.05, 0) is 18.6 Å². The van der Waals surface area contributed by atoms with Crippen LogP contribution in [0.4, 0.5) is 18.9 Å². The Balaban J connectivity index is 1.99. The summed E-state index contributed by atoms with van der Waals surface area (Å²) in [5.74, 6) is 2.54. The molecule has 0 spiro atoms. The summed E-state index contributed by atoms with van der Waals surface area (Å²) >= 11 is 0. The number of nitriles is 1. The van der Waals surface area contributed by atoms with Crippen molar-refractivity contribution in [1.29, 1.82) is 5.26 Å². The predicted molar refractivity (Wildman–Crippen MR) is 113 cm³/mol. The quantitative estimate of drug-likeness (QED) is 0.347. The van der Waals surface area contributed by atoms with Crippen molar-refractivity contribution in [3.05, 3.63) is 30.3 Å². The minimum absolute atomic E-state index is 0.0252. The zero-order chi connectivity index (χ0) is 24.6. The number of aliphatic imine (C=N–C) groups is 1. The van der Waals surface area contributed by atoms with E-state index in [-0.39, 0.29) is 18.9 Å². The van der Waals surface area contributed by atoms with Gasteiger partial charge in [0.1, 0.15) is 12.6 Å². The van der Waals surface area contributed by atoms with Crippen LogP contribution in [0.2, 0.25) is 0 Å². The fourth-order valence-electron chi connectivity index (χ4n) is 3.13. The molecule has 176 valence electrons. The van der Waals surface area contributed by atoms with Crippen molar-refractivity contribution in [3.63, 3.8) is 0 Å². The number of hydrogen-bond acceptors (Lipinski definition) is 7. The van der Waals surface area contributed by atoms with Gasteiger partial charge in [-0.15, -0.1) is 0 Å². The van der Waals surface area contributed by atoms with Crippen LogP contribution >= 0.6 is 0 Å². The number of nitrogens with one attached hydrogen (secondary N) is 1. The first-order chi connectivity index (χ1) is 15.6. The van der Waals surface area contributed by atoms with Gasteiger partial charge in [0.2, 0.25) is 11.8 Å². The Morgan fingerprint density at radius 1 is 1.33 bits per heavy atom. The second kappa shape index (κ2) is 11.1. The monoisotopic (exact) mass is 465 g/mol. The smallest absolute Gasteiger partial charge is 0.331 e. The average molecular weight is 465 g/mol. The van der Waals surface area contributed by atoms with E-state index in [4.69, 9.17) is 5.84 Å². The van der Waals surface area contributed by atoms with Gasteiger partial charge in [-0.25, -0.2) is 0 Å². The van der Waals surface area contributed by atoms with Crippen molar-refractivity contribution in [2.45, 2.75) is 18.6 Å². The molecule has 1 aromatic rings. The van der Waals surface area contributed by atoms with Gasteiger partial charge < -0.3 is 21.0 Å². The van der Waals surface area contributed by atoms with E-state index in [1.54, 1.807) is 30.3 Å². The summed E-state index contributed by atoms with van der Waals surface area (Å²) < 4.78 is 36.6. The Morgan fingerprint density at radius 2 is 2.00 bits per heavy atom. The van der Waals surface area contributed by atoms with E-state index < -0.39 is 48.8 Å². The van der Waals surface area contributed by atoms with Gasteiger partial charge in [0.15, 0.2) is 5.71 Å². The van der Waals surface area contributed by atoms with Crippen LogP contribution < -0.4 is 11.2 Å². The van der Waals surface area contributed by atoms with Crippen LogP contribution in [0.3, 0.4) is 0 Å². The Hall–Kier alpha value is -3.95. The molecule has 33 heavy (non-hydrogen) atoms. The minimum atomic E-state index is -4.56. The molecule has 10 nitrogen and oxygen atoms in total. The van der Waals surface area contributed by atoms with Crippen LogP contribution in [-0.2, 0) is 14.4 Å². The molecule has 0 saturated carbocycles. The van der Waals surface area contributed by atoms with E-state index in [2.05, 4.69) is 15.4 Å². The van der Waals surface area contributed by atoms with Gasteiger partial charge >= 0.3 is 6.18 Å². The Labute approximate surface area is 187 Å². The highest BCUT2D eigenvalue weighted by Crippen LogP contribution is 2.24. The molecule has 0 bridgehead atoms. The van der Waals surface area contributed by atoms with Crippen molar-refractivity contribution >= 4 is 35.3 Å². The molecule has 0 aromatic heterocycles. The first-order valence-electron chi connectivity index (χ1n) is 9.70. The number of hydrazone groups is 1. The third kappa shape index (κ3) is 7.30. The first-order valence-corrected chi connectivity index (χ1v) is 9.70. The van der Waals surface area contributed by atoms with Crippen molar-refractivity contribution in [2.24, 2.45) is 21.9 Å². The van der Waals surface area contributed by atoms with E-state index in [0.29, 0.717) is 11.9 Å². The predicted octanol–water partition coefficient (Wildman–Crippen LogP) is 0.772. The standard InChI is InChI=1S/C20H22F3N7O3/c1-29(19(33)16(28-25)9-26-12-20(21,22)23)11-17(31)30-10-13(7-15(30)8-24)18(32)27-14-5-3-2-4-6-14/h2-6,9,13,15H,7,10-12,25H2,1H3,(H,27,32). The van der Waals surface area contributed by atoms with Crippen molar-refractivity contribution in [3.8, 4) is 6.07 Å². The third-order valence-corrected chi connectivity index (χ3v) is 4.74. The molecule has 2 atom stereocenters. The summed E-state index contributed by atoms with van der Waals surface area (Å²) in [5, 5.41) is 15.2. The van der Waals surface area contributed by atoms with Crippen LogP contribution in [0.1, 0.15) is 6.42 Å². The van der Waals surface area contributed by atoms with Crippen molar-refractivity contribution < 1.29 is 27.6 Å². The minimum Gasteiger partial charge on any atom is -0.331 e. The third-order valence-electron chi connectivity index (χ3n) is 4.74. The molecule has 2 rings (SSSR count). The van der Waals surface area contributed by atoms with Crippen molar-refractivity contribution in [2.75, 3.05) is 32.0 Å². The molecule has 1 aliphatic rings. The van der Waals surface area contributed by atoms with E-state index in [1.165, 1.54) is 11.9 Å². The second-order valence-corrected chi connectivity index (χ2v) is 7.24. The fraction of sp³-hybridized carbons (Fsp3) is 0.400. The number of likely N-dealkylation sites (N-methyl/N-ethyl adjacent to an activating group) is 1. The number of amides is 3. The van der Waals surface area contributed by atoms with E-state index in [1.807, 2.05) is 6.07 Å². The summed E-state index contributed by atoms with van der Waals surface area (Å²) in [7, 11) is 1.22. The first kappa shape index (κ1) is 25.3. The largest absolute Gasteiger partial charge is 0.407 e. The molecule has 2 unspecified atom stereocenters. The number of hydrogen-bond donors (Lipinski definition) is 2. The molecule has 0 radical (unpaired) electrons. The van der Waals surface area contributed by atoms with E-state index in [9.17, 15) is 32.8 Å². The van der Waals surface area contributed by atoms with Crippen LogP contribution in [0, 0.1) is 17.2 Å². The molecule has 0 aliphatic carbocycles. The number of rotatable bonds is 7. The number of benzene rings is 1. The Bertz CT molecular complexity index is 973. The summed E-state index contributed by atoms with van der Waals surface area (Å²) in [5.41, 5.74) is -0.000164. The molecule has 3 N–H and O–H groups in total. The molecule has 1 aromatic carbocycles. The number of nitrogens with two attached hydrogens (primary N) is 1. The summed E-state index contributed by atoms with van der Waals surface area (Å²) in [6.07, 6.45) is -3.86. The molecular weight excluding hydrogens is 443 g/mol. The SMILES string of the molecule is CN(CC(=O)N1CC(C(=O)Nc2ccccc2)CC1C#N)C(=O)C(C=NCC(F)(F)F)=NN. The van der Waals surface area contributed by atoms with Gasteiger partial charge in [0, 0.05) is 19.3 Å². The normalized spacial score (nSPS) is 18.8. The number of nitrogens with zero attached hydrogens (tertiary/aromatic N) is 5. The highest BCUT2D eigenvalue weighted by atomic mass is 19.4. The molecule has 1 saturated heterocycles. The Morgan fingerprint density at radius 3 is 2.58 bits per heavy atom. The zero-order valence-corrected chi connectivity index (χ0v) is 17.6. The number of carbonyl (C=O) groups excluding carboxylic acids is 3. The lowest BCUT2D eigenvalue weighted by Crippen LogP contribution is -2.45. The lowest BCUT2D eigenvalue weighted by molar-refractivity contribution is -0.136. The zero-order valence-electron chi connectivity index (χ0n) is 17.6. The van der Waals surface area contributed by atoms with Gasteiger partial charge in [0.25, 0.3) is 5.91 Å². The maximum absolute atomic E-state index is 12.7. The maximum atomic E-state index is 12.7. The molecule has 13 heteroatoms. The van der Waals surface area contributed by atoms with Gasteiger partial charge in [-0.1, -0.05) is 18.2 Å². The van der Waals surface area contributed by atoms with Crippen LogP contribution in [0.25, 0.3) is 0 Å². The van der Waals surface area contributed by atoms with E-state index >= 15 is 0 Å². The van der Waals surface area contributed by atoms with Crippen LogP contribution in [0.5, 0.6) is 0 Å². The lowest BCUT2D eigenvalue weighted by Gasteiger charge is -2.23. The lowest BCUT2D eigenvalue weighted by atomic mass is 10.1. The maximum Gasteiger partial charge on any atom is 0.407 e. The molecule has 1 heterocycles. The van der Waals surface area contributed by atoms with Gasteiger partial charge in [0.05, 0.1) is 24.7 Å². The number of likely N-dealkylation sites (tertiary alicyclic amines) is 1. The number of alkyl halides is 3. The molecule has 1 aliphatic heterocycles. The summed E-state index contributed by atoms with van der Waals surface area (Å²) in [6, 6.07) is 9.79. The van der Waals surface area contributed by atoms with Gasteiger partial charge in [-0.3, -0.25) is 19.4 Å². The molecular formula is C20H22F3N7O3. The van der Waals surface area contributed by atoms with Crippen LogP contribution in [-0.4, -0.2) is 78.3 Å². The van der Waals surface area contributed by atoms with Gasteiger partial charge in [-0.2, -0.15) is 23.5 Å². The summed E-state index contributed by atoms with van der Waals surface area (Å²) in [6.45, 7) is -2.05. The molecule has 3 amide bonds. The topological polar surface area (TPSA) is 144 Å².